The standard InChI is InChI=1S/C12H14O4/c1-7(2)9-5-4-8(12(15)16-3)6-10(9)11(13)14/h4-7H,1-3H3,(H,13,14). The van der Waals surface area contributed by atoms with Crippen LogP contribution in [0.4, 0.5) is 0 Å². The fraction of sp³-hybridized carbons (Fsp3) is 0.333. The Morgan fingerprint density at radius 3 is 2.38 bits per heavy atom. The number of ether oxygens (including phenoxy) is 1. The van der Waals surface area contributed by atoms with Crippen molar-refractivity contribution in [1.29, 1.82) is 0 Å². The molecule has 0 aliphatic rings. The van der Waals surface area contributed by atoms with E-state index in [1.165, 1.54) is 13.2 Å². The number of benzene rings is 1. The van der Waals surface area contributed by atoms with Gasteiger partial charge in [0.1, 0.15) is 0 Å². The summed E-state index contributed by atoms with van der Waals surface area (Å²) >= 11 is 0. The second-order valence-corrected chi connectivity index (χ2v) is 3.75. The zero-order chi connectivity index (χ0) is 12.3. The van der Waals surface area contributed by atoms with Crippen molar-refractivity contribution in [2.75, 3.05) is 7.11 Å². The second kappa shape index (κ2) is 4.79. The molecule has 4 heteroatoms. The maximum absolute atomic E-state index is 11.3. The van der Waals surface area contributed by atoms with Crippen molar-refractivity contribution in [3.8, 4) is 0 Å². The lowest BCUT2D eigenvalue weighted by atomic mass is 9.95. The minimum atomic E-state index is -1.03. The van der Waals surface area contributed by atoms with Gasteiger partial charge in [-0.05, 0) is 23.6 Å². The molecular formula is C12H14O4. The lowest BCUT2D eigenvalue weighted by Crippen LogP contribution is -2.08. The molecule has 1 rings (SSSR count). The van der Waals surface area contributed by atoms with E-state index in [1.807, 2.05) is 13.8 Å². The third-order valence-electron chi connectivity index (χ3n) is 2.33. The average Bonchev–Trinajstić information content (AvgIpc) is 2.26. The van der Waals surface area contributed by atoms with Gasteiger partial charge >= 0.3 is 11.9 Å². The number of methoxy groups -OCH3 is 1. The predicted octanol–water partition coefficient (Wildman–Crippen LogP) is 2.29. The summed E-state index contributed by atoms with van der Waals surface area (Å²) in [4.78, 5) is 22.3. The molecule has 1 N–H and O–H groups in total. The number of hydrogen-bond acceptors (Lipinski definition) is 3. The van der Waals surface area contributed by atoms with Crippen LogP contribution in [0.25, 0.3) is 0 Å². The van der Waals surface area contributed by atoms with Crippen molar-refractivity contribution in [3.63, 3.8) is 0 Å². The van der Waals surface area contributed by atoms with Gasteiger partial charge in [0, 0.05) is 0 Å². The number of carbonyl (C=O) groups excluding carboxylic acids is 1. The van der Waals surface area contributed by atoms with Gasteiger partial charge in [0.15, 0.2) is 0 Å². The van der Waals surface area contributed by atoms with Gasteiger partial charge < -0.3 is 9.84 Å². The first-order valence-electron chi connectivity index (χ1n) is 4.93. The summed E-state index contributed by atoms with van der Waals surface area (Å²) in [7, 11) is 1.26. The molecule has 0 aliphatic heterocycles. The van der Waals surface area contributed by atoms with Crippen LogP contribution >= 0.6 is 0 Å². The van der Waals surface area contributed by atoms with Crippen LogP contribution in [0.15, 0.2) is 18.2 Å². The molecule has 0 amide bonds. The number of aromatic carboxylic acids is 1. The first-order valence-corrected chi connectivity index (χ1v) is 4.93. The van der Waals surface area contributed by atoms with E-state index in [0.29, 0.717) is 5.56 Å². The highest BCUT2D eigenvalue weighted by Gasteiger charge is 2.16. The third-order valence-corrected chi connectivity index (χ3v) is 2.33. The number of carbonyl (C=O) groups is 2. The highest BCUT2D eigenvalue weighted by atomic mass is 16.5. The Kier molecular flexibility index (Phi) is 3.66. The highest BCUT2D eigenvalue weighted by Crippen LogP contribution is 2.21. The molecule has 0 saturated carbocycles. The molecule has 0 saturated heterocycles. The summed E-state index contributed by atoms with van der Waals surface area (Å²) in [6.07, 6.45) is 0. The number of rotatable bonds is 3. The second-order valence-electron chi connectivity index (χ2n) is 3.75. The number of hydrogen-bond donors (Lipinski definition) is 1. The van der Waals surface area contributed by atoms with Crippen LogP contribution in [-0.4, -0.2) is 24.2 Å². The number of esters is 1. The molecule has 0 radical (unpaired) electrons. The first kappa shape index (κ1) is 12.2. The fourth-order valence-corrected chi connectivity index (χ4v) is 1.49. The van der Waals surface area contributed by atoms with Crippen molar-refractivity contribution < 1.29 is 19.4 Å². The summed E-state index contributed by atoms with van der Waals surface area (Å²) in [5.41, 5.74) is 1.11. The summed E-state index contributed by atoms with van der Waals surface area (Å²) < 4.78 is 4.54. The summed E-state index contributed by atoms with van der Waals surface area (Å²) in [5, 5.41) is 9.04. The molecule has 0 fully saturated rings. The minimum absolute atomic E-state index is 0.0952. The molecule has 0 aliphatic carbocycles. The Morgan fingerprint density at radius 2 is 1.94 bits per heavy atom. The normalized spacial score (nSPS) is 10.2. The van der Waals surface area contributed by atoms with Crippen LogP contribution in [0.1, 0.15) is 46.0 Å². The molecule has 86 valence electrons. The van der Waals surface area contributed by atoms with Gasteiger partial charge in [-0.3, -0.25) is 0 Å². The van der Waals surface area contributed by atoms with E-state index in [1.54, 1.807) is 12.1 Å². The molecule has 0 atom stereocenters. The molecule has 1 aromatic carbocycles. The Bertz CT molecular complexity index is 421. The Hall–Kier alpha value is -1.84. The van der Waals surface area contributed by atoms with Crippen LogP contribution in [0.2, 0.25) is 0 Å². The zero-order valence-corrected chi connectivity index (χ0v) is 9.48. The van der Waals surface area contributed by atoms with Crippen LogP contribution < -0.4 is 0 Å². The van der Waals surface area contributed by atoms with Gasteiger partial charge in [-0.25, -0.2) is 9.59 Å². The molecule has 16 heavy (non-hydrogen) atoms. The van der Waals surface area contributed by atoms with Crippen LogP contribution in [-0.2, 0) is 4.74 Å². The van der Waals surface area contributed by atoms with Crippen LogP contribution in [0, 0.1) is 0 Å². The quantitative estimate of drug-likeness (QED) is 0.797. The lowest BCUT2D eigenvalue weighted by molar-refractivity contribution is 0.0600. The van der Waals surface area contributed by atoms with Crippen molar-refractivity contribution in [2.45, 2.75) is 19.8 Å². The van der Waals surface area contributed by atoms with Gasteiger partial charge in [0.25, 0.3) is 0 Å². The monoisotopic (exact) mass is 222 g/mol. The summed E-state index contributed by atoms with van der Waals surface area (Å²) in [5.74, 6) is -1.47. The molecule has 0 spiro atoms. The third kappa shape index (κ3) is 2.39. The lowest BCUT2D eigenvalue weighted by Gasteiger charge is -2.10. The summed E-state index contributed by atoms with van der Waals surface area (Å²) in [6.45, 7) is 3.80. The van der Waals surface area contributed by atoms with E-state index in [0.717, 1.165) is 0 Å². The van der Waals surface area contributed by atoms with Crippen LogP contribution in [0.5, 0.6) is 0 Å². The van der Waals surface area contributed by atoms with Crippen molar-refractivity contribution in [3.05, 3.63) is 34.9 Å². The van der Waals surface area contributed by atoms with Crippen molar-refractivity contribution in [1.82, 2.24) is 0 Å². The van der Waals surface area contributed by atoms with Gasteiger partial charge in [0.2, 0.25) is 0 Å². The Labute approximate surface area is 93.9 Å². The highest BCUT2D eigenvalue weighted by molar-refractivity contribution is 5.95. The van der Waals surface area contributed by atoms with Crippen molar-refractivity contribution in [2.24, 2.45) is 0 Å². The average molecular weight is 222 g/mol. The largest absolute Gasteiger partial charge is 0.478 e. The Morgan fingerprint density at radius 1 is 1.31 bits per heavy atom. The fourth-order valence-electron chi connectivity index (χ4n) is 1.49. The molecular weight excluding hydrogens is 208 g/mol. The van der Waals surface area contributed by atoms with Gasteiger partial charge in [-0.2, -0.15) is 0 Å². The molecule has 0 bridgehead atoms. The zero-order valence-electron chi connectivity index (χ0n) is 9.48. The van der Waals surface area contributed by atoms with Gasteiger partial charge in [0.05, 0.1) is 18.2 Å². The van der Waals surface area contributed by atoms with Crippen LogP contribution in [0.3, 0.4) is 0 Å². The van der Waals surface area contributed by atoms with Crippen molar-refractivity contribution >= 4 is 11.9 Å². The maximum atomic E-state index is 11.3. The van der Waals surface area contributed by atoms with E-state index in [4.69, 9.17) is 5.11 Å². The molecule has 0 heterocycles. The van der Waals surface area contributed by atoms with E-state index in [2.05, 4.69) is 4.74 Å². The SMILES string of the molecule is COC(=O)c1ccc(C(C)C)c(C(=O)O)c1. The number of carboxylic acid groups (broad SMARTS) is 1. The van der Waals surface area contributed by atoms with E-state index in [9.17, 15) is 9.59 Å². The minimum Gasteiger partial charge on any atom is -0.478 e. The number of carboxylic acids is 1. The van der Waals surface area contributed by atoms with Gasteiger partial charge in [-0.15, -0.1) is 0 Å². The molecule has 1 aromatic rings. The topological polar surface area (TPSA) is 63.6 Å². The van der Waals surface area contributed by atoms with E-state index in [-0.39, 0.29) is 17.0 Å². The van der Waals surface area contributed by atoms with E-state index < -0.39 is 11.9 Å². The Balaban J connectivity index is 3.28. The van der Waals surface area contributed by atoms with E-state index >= 15 is 0 Å². The summed E-state index contributed by atoms with van der Waals surface area (Å²) in [6, 6.07) is 4.58. The molecule has 0 unspecified atom stereocenters. The maximum Gasteiger partial charge on any atom is 0.337 e. The smallest absolute Gasteiger partial charge is 0.337 e. The molecule has 4 nitrogen and oxygen atoms in total. The predicted molar refractivity (Wildman–Crippen MR) is 58.8 cm³/mol. The molecule has 0 aromatic heterocycles. The first-order chi connectivity index (χ1) is 7.47. The van der Waals surface area contributed by atoms with Gasteiger partial charge in [-0.1, -0.05) is 19.9 Å².